The minimum atomic E-state index is 0.795. The summed E-state index contributed by atoms with van der Waals surface area (Å²) in [6, 6.07) is 0. The highest BCUT2D eigenvalue weighted by Gasteiger charge is 2.53. The van der Waals surface area contributed by atoms with Gasteiger partial charge in [0.25, 0.3) is 0 Å². The molecule has 5 fully saturated rings. The average molecular weight is 357 g/mol. The van der Waals surface area contributed by atoms with Crippen LogP contribution in [0.2, 0.25) is 0 Å². The van der Waals surface area contributed by atoms with E-state index in [0.29, 0.717) is 0 Å². The van der Waals surface area contributed by atoms with E-state index in [1.165, 1.54) is 6.42 Å². The van der Waals surface area contributed by atoms with Crippen molar-refractivity contribution >= 4 is 0 Å². The maximum atomic E-state index is 1.63. The fourth-order valence-electron chi connectivity index (χ4n) is 9.49. The van der Waals surface area contributed by atoms with Crippen molar-refractivity contribution in [3.8, 4) is 0 Å². The highest BCUT2D eigenvalue weighted by Crippen LogP contribution is 2.62. The molecule has 5 aliphatic carbocycles. The fourth-order valence-corrected chi connectivity index (χ4v) is 9.49. The van der Waals surface area contributed by atoms with E-state index in [1.54, 1.807) is 116 Å². The predicted molar refractivity (Wildman–Crippen MR) is 111 cm³/mol. The lowest BCUT2D eigenvalue weighted by atomic mass is 9.46. The molecule has 5 unspecified atom stereocenters. The van der Waals surface area contributed by atoms with E-state index in [4.69, 9.17) is 0 Å². The van der Waals surface area contributed by atoms with Crippen molar-refractivity contribution in [2.24, 2.45) is 40.9 Å². The molecule has 0 N–H and O–H groups in total. The molecule has 5 atom stereocenters. The second-order valence-electron chi connectivity index (χ2n) is 11.3. The Bertz CT molecular complexity index is 453. The van der Waals surface area contributed by atoms with Crippen molar-refractivity contribution in [1.29, 1.82) is 0 Å². The van der Waals surface area contributed by atoms with E-state index in [2.05, 4.69) is 0 Å². The van der Waals surface area contributed by atoms with Crippen LogP contribution in [0.3, 0.4) is 0 Å². The number of hydrogen-bond acceptors (Lipinski definition) is 0. The topological polar surface area (TPSA) is 0 Å². The summed E-state index contributed by atoms with van der Waals surface area (Å²) in [4.78, 5) is 0. The second-order valence-corrected chi connectivity index (χ2v) is 11.3. The van der Waals surface area contributed by atoms with Gasteiger partial charge in [0.05, 0.1) is 0 Å². The van der Waals surface area contributed by atoms with Crippen LogP contribution in [0.25, 0.3) is 0 Å². The molecule has 148 valence electrons. The molecule has 0 saturated heterocycles. The van der Waals surface area contributed by atoms with Crippen LogP contribution in [-0.4, -0.2) is 0 Å². The van der Waals surface area contributed by atoms with Crippen LogP contribution >= 0.6 is 0 Å². The molecule has 0 aromatic carbocycles. The maximum absolute atomic E-state index is 1.63. The molecule has 0 heterocycles. The largest absolute Gasteiger partial charge is 0.0533 e. The standard InChI is InChI=1S/C26H44/c1-3-11-21(12-4-1)26(18-7-2-8-19-26)25-15-9-14-23-22-13-6-5-10-20(22)16-17-24(23)25/h20-25H,1-19H2. The zero-order valence-electron chi connectivity index (χ0n) is 17.4. The Hall–Kier alpha value is 0. The zero-order valence-corrected chi connectivity index (χ0v) is 17.4. The van der Waals surface area contributed by atoms with E-state index in [-0.39, 0.29) is 0 Å². The maximum Gasteiger partial charge on any atom is -0.0238 e. The van der Waals surface area contributed by atoms with Crippen LogP contribution in [0, 0.1) is 40.9 Å². The van der Waals surface area contributed by atoms with Gasteiger partial charge in [-0.15, -0.1) is 0 Å². The Morgan fingerprint density at radius 1 is 0.423 bits per heavy atom. The first-order valence-electron chi connectivity index (χ1n) is 12.9. The van der Waals surface area contributed by atoms with E-state index < -0.39 is 0 Å². The van der Waals surface area contributed by atoms with Gasteiger partial charge in [-0.1, -0.05) is 64.2 Å². The molecule has 0 nitrogen and oxygen atoms in total. The molecule has 0 spiro atoms. The summed E-state index contributed by atoms with van der Waals surface area (Å²) >= 11 is 0. The third kappa shape index (κ3) is 3.10. The van der Waals surface area contributed by atoms with Crippen LogP contribution in [0.4, 0.5) is 0 Å². The molecule has 0 aliphatic heterocycles. The highest BCUT2D eigenvalue weighted by molar-refractivity contribution is 5.03. The Morgan fingerprint density at radius 2 is 1.12 bits per heavy atom. The Kier molecular flexibility index (Phi) is 5.41. The van der Waals surface area contributed by atoms with Crippen molar-refractivity contribution in [1.82, 2.24) is 0 Å². The molecular formula is C26H44. The molecular weight excluding hydrogens is 312 g/mol. The first kappa shape index (κ1) is 18.1. The lowest BCUT2D eigenvalue weighted by Crippen LogP contribution is -2.50. The van der Waals surface area contributed by atoms with Crippen LogP contribution in [-0.2, 0) is 0 Å². The van der Waals surface area contributed by atoms with Gasteiger partial charge in [0, 0.05) is 0 Å². The van der Waals surface area contributed by atoms with Crippen LogP contribution < -0.4 is 0 Å². The highest BCUT2D eigenvalue weighted by atomic mass is 14.6. The Labute approximate surface area is 163 Å². The lowest BCUT2D eigenvalue weighted by Gasteiger charge is -2.59. The summed E-state index contributed by atoms with van der Waals surface area (Å²) in [5, 5.41) is 0. The van der Waals surface area contributed by atoms with Crippen LogP contribution in [0.15, 0.2) is 0 Å². The van der Waals surface area contributed by atoms with Crippen molar-refractivity contribution in [2.45, 2.75) is 122 Å². The number of fused-ring (bicyclic) bond motifs is 3. The number of hydrogen-bond donors (Lipinski definition) is 0. The van der Waals surface area contributed by atoms with E-state index in [0.717, 1.165) is 40.9 Å². The van der Waals surface area contributed by atoms with E-state index >= 15 is 0 Å². The Balaban J connectivity index is 1.42. The Morgan fingerprint density at radius 3 is 1.96 bits per heavy atom. The zero-order chi connectivity index (χ0) is 17.4. The van der Waals surface area contributed by atoms with Crippen molar-refractivity contribution in [3.63, 3.8) is 0 Å². The van der Waals surface area contributed by atoms with Gasteiger partial charge >= 0.3 is 0 Å². The molecule has 0 aromatic heterocycles. The number of rotatable bonds is 2. The van der Waals surface area contributed by atoms with Crippen LogP contribution in [0.1, 0.15) is 122 Å². The summed E-state index contributed by atoms with van der Waals surface area (Å²) in [5.41, 5.74) is 0.795. The minimum Gasteiger partial charge on any atom is -0.0533 e. The molecule has 0 bridgehead atoms. The minimum absolute atomic E-state index is 0.795. The van der Waals surface area contributed by atoms with E-state index in [9.17, 15) is 0 Å². The predicted octanol–water partition coefficient (Wildman–Crippen LogP) is 8.15. The lowest BCUT2D eigenvalue weighted by molar-refractivity contribution is -0.0944. The molecule has 5 rings (SSSR count). The van der Waals surface area contributed by atoms with Crippen molar-refractivity contribution in [3.05, 3.63) is 0 Å². The van der Waals surface area contributed by atoms with Gasteiger partial charge in [0.1, 0.15) is 0 Å². The van der Waals surface area contributed by atoms with E-state index in [1.807, 2.05) is 0 Å². The smallest absolute Gasteiger partial charge is 0.0238 e. The van der Waals surface area contributed by atoms with Gasteiger partial charge in [-0.3, -0.25) is 0 Å². The quantitative estimate of drug-likeness (QED) is 0.468. The third-order valence-corrected chi connectivity index (χ3v) is 10.4. The average Bonchev–Trinajstić information content (AvgIpc) is 2.74. The fraction of sp³-hybridized carbons (Fsp3) is 1.00. The molecule has 0 radical (unpaired) electrons. The van der Waals surface area contributed by atoms with Gasteiger partial charge in [-0.2, -0.15) is 0 Å². The van der Waals surface area contributed by atoms with Crippen molar-refractivity contribution in [2.75, 3.05) is 0 Å². The first-order valence-corrected chi connectivity index (χ1v) is 12.9. The summed E-state index contributed by atoms with van der Waals surface area (Å²) in [7, 11) is 0. The van der Waals surface area contributed by atoms with Gasteiger partial charge in [-0.25, -0.2) is 0 Å². The third-order valence-electron chi connectivity index (χ3n) is 10.4. The molecule has 26 heavy (non-hydrogen) atoms. The second kappa shape index (κ2) is 7.79. The molecule has 5 aliphatic rings. The van der Waals surface area contributed by atoms with Gasteiger partial charge < -0.3 is 0 Å². The summed E-state index contributed by atoms with van der Waals surface area (Å²) < 4.78 is 0. The normalized spacial score (nSPS) is 44.1. The monoisotopic (exact) mass is 356 g/mol. The van der Waals surface area contributed by atoms with Gasteiger partial charge in [0.15, 0.2) is 0 Å². The molecule has 0 amide bonds. The molecule has 0 aromatic rings. The van der Waals surface area contributed by atoms with Crippen LogP contribution in [0.5, 0.6) is 0 Å². The summed E-state index contributed by atoms with van der Waals surface area (Å²) in [5.74, 6) is 6.83. The van der Waals surface area contributed by atoms with Gasteiger partial charge in [0.2, 0.25) is 0 Å². The SMILES string of the molecule is C1CCC(C2(C3CCCC4C5CCCCC5CCC43)CCCCC2)CC1. The van der Waals surface area contributed by atoms with Crippen molar-refractivity contribution < 1.29 is 0 Å². The molecule has 0 heteroatoms. The molecule has 5 saturated carbocycles. The summed E-state index contributed by atoms with van der Waals surface area (Å²) in [6.45, 7) is 0. The summed E-state index contributed by atoms with van der Waals surface area (Å²) in [6.07, 6.45) is 30.1. The van der Waals surface area contributed by atoms with Gasteiger partial charge in [-0.05, 0) is 98.7 Å². The first-order chi connectivity index (χ1) is 12.9.